The Morgan fingerprint density at radius 2 is 1.83 bits per heavy atom. The maximum atomic E-state index is 13.1. The zero-order valence-corrected chi connectivity index (χ0v) is 17.7. The van der Waals surface area contributed by atoms with E-state index < -0.39 is 0 Å². The highest BCUT2D eigenvalue weighted by Crippen LogP contribution is 2.30. The molecule has 1 atom stereocenters. The molecule has 2 aliphatic rings. The Hall–Kier alpha value is -3.02. The number of nitrogens with zero attached hydrogens (tertiary/aromatic N) is 3. The van der Waals surface area contributed by atoms with E-state index in [2.05, 4.69) is 24.0 Å². The molecule has 4 rings (SSSR count). The SMILES string of the molecule is CCc1ccccc1N1C[C@H](C(=O)N2CCN(c3cccc(OC)c3)CC2)CC1=O. The van der Waals surface area contributed by atoms with Crippen LogP contribution in [0.5, 0.6) is 5.75 Å². The molecule has 6 nitrogen and oxygen atoms in total. The molecule has 2 aromatic carbocycles. The fourth-order valence-electron chi connectivity index (χ4n) is 4.43. The van der Waals surface area contributed by atoms with Crippen LogP contribution in [0.3, 0.4) is 0 Å². The van der Waals surface area contributed by atoms with Crippen molar-refractivity contribution in [2.45, 2.75) is 19.8 Å². The Kier molecular flexibility index (Phi) is 5.93. The van der Waals surface area contributed by atoms with Gasteiger partial charge in [-0.3, -0.25) is 9.59 Å². The molecule has 158 valence electrons. The Bertz CT molecular complexity index is 921. The smallest absolute Gasteiger partial charge is 0.228 e. The van der Waals surface area contributed by atoms with E-state index in [0.717, 1.165) is 42.2 Å². The number of piperazine rings is 1. The lowest BCUT2D eigenvalue weighted by molar-refractivity contribution is -0.136. The fraction of sp³-hybridized carbons (Fsp3) is 0.417. The van der Waals surface area contributed by atoms with Crippen LogP contribution < -0.4 is 14.5 Å². The summed E-state index contributed by atoms with van der Waals surface area (Å²) < 4.78 is 5.32. The highest BCUT2D eigenvalue weighted by Gasteiger charge is 2.38. The van der Waals surface area contributed by atoms with Crippen molar-refractivity contribution in [3.8, 4) is 5.75 Å². The topological polar surface area (TPSA) is 53.1 Å². The van der Waals surface area contributed by atoms with Gasteiger partial charge < -0.3 is 19.4 Å². The van der Waals surface area contributed by atoms with Crippen molar-refractivity contribution in [3.05, 3.63) is 54.1 Å². The number of para-hydroxylation sites is 1. The normalized spacial score (nSPS) is 19.3. The zero-order chi connectivity index (χ0) is 21.1. The van der Waals surface area contributed by atoms with Crippen molar-refractivity contribution in [3.63, 3.8) is 0 Å². The van der Waals surface area contributed by atoms with Crippen LogP contribution >= 0.6 is 0 Å². The molecule has 6 heteroatoms. The van der Waals surface area contributed by atoms with Gasteiger partial charge >= 0.3 is 0 Å². The number of anilines is 2. The second-order valence-corrected chi connectivity index (χ2v) is 7.90. The van der Waals surface area contributed by atoms with Crippen LogP contribution in [0.15, 0.2) is 48.5 Å². The van der Waals surface area contributed by atoms with Crippen molar-refractivity contribution in [2.24, 2.45) is 5.92 Å². The molecular weight excluding hydrogens is 378 g/mol. The first-order valence-corrected chi connectivity index (χ1v) is 10.7. The fourth-order valence-corrected chi connectivity index (χ4v) is 4.43. The number of carbonyl (C=O) groups is 2. The van der Waals surface area contributed by atoms with Crippen LogP contribution in [-0.2, 0) is 16.0 Å². The van der Waals surface area contributed by atoms with Crippen molar-refractivity contribution in [1.29, 1.82) is 0 Å². The maximum absolute atomic E-state index is 13.1. The Morgan fingerprint density at radius 3 is 2.57 bits per heavy atom. The van der Waals surface area contributed by atoms with Gasteiger partial charge in [-0.1, -0.05) is 31.2 Å². The molecule has 2 aliphatic heterocycles. The average Bonchev–Trinajstić information content (AvgIpc) is 3.20. The summed E-state index contributed by atoms with van der Waals surface area (Å²) >= 11 is 0. The third-order valence-corrected chi connectivity index (χ3v) is 6.15. The van der Waals surface area contributed by atoms with Crippen molar-refractivity contribution >= 4 is 23.2 Å². The number of carbonyl (C=O) groups excluding carboxylic acids is 2. The molecule has 0 aliphatic carbocycles. The number of hydrogen-bond donors (Lipinski definition) is 0. The highest BCUT2D eigenvalue weighted by atomic mass is 16.5. The first-order valence-electron chi connectivity index (χ1n) is 10.7. The van der Waals surface area contributed by atoms with E-state index in [1.165, 1.54) is 0 Å². The lowest BCUT2D eigenvalue weighted by atomic mass is 10.1. The zero-order valence-electron chi connectivity index (χ0n) is 17.7. The van der Waals surface area contributed by atoms with Gasteiger partial charge in [0.05, 0.1) is 13.0 Å². The van der Waals surface area contributed by atoms with Gasteiger partial charge in [-0.15, -0.1) is 0 Å². The average molecular weight is 408 g/mol. The third-order valence-electron chi connectivity index (χ3n) is 6.15. The van der Waals surface area contributed by atoms with E-state index in [1.54, 1.807) is 12.0 Å². The minimum absolute atomic E-state index is 0.0456. The summed E-state index contributed by atoms with van der Waals surface area (Å²) in [6.45, 7) is 5.47. The van der Waals surface area contributed by atoms with Gasteiger partial charge in [-0.25, -0.2) is 0 Å². The molecule has 0 saturated carbocycles. The summed E-state index contributed by atoms with van der Waals surface area (Å²) in [5, 5.41) is 0. The van der Waals surface area contributed by atoms with E-state index in [0.29, 0.717) is 26.1 Å². The second kappa shape index (κ2) is 8.78. The molecule has 0 N–H and O–H groups in total. The number of methoxy groups -OCH3 is 1. The summed E-state index contributed by atoms with van der Waals surface area (Å²) in [6, 6.07) is 16.0. The highest BCUT2D eigenvalue weighted by molar-refractivity contribution is 6.00. The van der Waals surface area contributed by atoms with Crippen LogP contribution in [0.25, 0.3) is 0 Å². The number of aryl methyl sites for hydroxylation is 1. The van der Waals surface area contributed by atoms with Crippen molar-refractivity contribution in [1.82, 2.24) is 4.90 Å². The molecular formula is C24H29N3O3. The predicted octanol–water partition coefficient (Wildman–Crippen LogP) is 2.96. The Labute approximate surface area is 178 Å². The van der Waals surface area contributed by atoms with E-state index in [9.17, 15) is 9.59 Å². The van der Waals surface area contributed by atoms with Crippen LogP contribution in [0.2, 0.25) is 0 Å². The van der Waals surface area contributed by atoms with E-state index in [4.69, 9.17) is 4.74 Å². The number of ether oxygens (including phenoxy) is 1. The quantitative estimate of drug-likeness (QED) is 0.765. The molecule has 0 spiro atoms. The standard InChI is InChI=1S/C24H29N3O3/c1-3-18-7-4-5-10-22(18)27-17-19(15-23(27)28)24(29)26-13-11-25(12-14-26)20-8-6-9-21(16-20)30-2/h4-10,16,19H,3,11-15,17H2,1-2H3/t19-/m1/s1. The summed E-state index contributed by atoms with van der Waals surface area (Å²) in [7, 11) is 1.67. The first-order chi connectivity index (χ1) is 14.6. The van der Waals surface area contributed by atoms with E-state index >= 15 is 0 Å². The van der Waals surface area contributed by atoms with Gasteiger partial charge in [0.15, 0.2) is 0 Å². The van der Waals surface area contributed by atoms with Gasteiger partial charge in [0.25, 0.3) is 0 Å². The largest absolute Gasteiger partial charge is 0.497 e. The summed E-state index contributed by atoms with van der Waals surface area (Å²) in [6.07, 6.45) is 1.16. The minimum Gasteiger partial charge on any atom is -0.497 e. The number of benzene rings is 2. The molecule has 2 heterocycles. The van der Waals surface area contributed by atoms with E-state index in [1.807, 2.05) is 41.3 Å². The van der Waals surface area contributed by atoms with Gasteiger partial charge in [0.2, 0.25) is 11.8 Å². The lowest BCUT2D eigenvalue weighted by Gasteiger charge is -2.37. The molecule has 2 fully saturated rings. The lowest BCUT2D eigenvalue weighted by Crippen LogP contribution is -2.50. The first kappa shape index (κ1) is 20.3. The second-order valence-electron chi connectivity index (χ2n) is 7.90. The summed E-state index contributed by atoms with van der Waals surface area (Å²) in [5.74, 6) is 0.725. The van der Waals surface area contributed by atoms with Crippen LogP contribution in [0.4, 0.5) is 11.4 Å². The Balaban J connectivity index is 1.38. The van der Waals surface area contributed by atoms with E-state index in [-0.39, 0.29) is 17.7 Å². The molecule has 2 amide bonds. The van der Waals surface area contributed by atoms with Crippen LogP contribution in [-0.4, -0.2) is 56.5 Å². The third kappa shape index (κ3) is 3.99. The maximum Gasteiger partial charge on any atom is 0.228 e. The van der Waals surface area contributed by atoms with Crippen molar-refractivity contribution < 1.29 is 14.3 Å². The van der Waals surface area contributed by atoms with Crippen LogP contribution in [0, 0.1) is 5.92 Å². The van der Waals surface area contributed by atoms with Gasteiger partial charge in [0, 0.05) is 56.6 Å². The molecule has 2 aromatic rings. The van der Waals surface area contributed by atoms with Crippen molar-refractivity contribution in [2.75, 3.05) is 49.6 Å². The number of hydrogen-bond acceptors (Lipinski definition) is 4. The molecule has 0 radical (unpaired) electrons. The minimum atomic E-state index is -0.259. The molecule has 2 saturated heterocycles. The summed E-state index contributed by atoms with van der Waals surface area (Å²) in [4.78, 5) is 31.8. The predicted molar refractivity (Wildman–Crippen MR) is 118 cm³/mol. The van der Waals surface area contributed by atoms with Crippen LogP contribution in [0.1, 0.15) is 18.9 Å². The molecule has 0 aromatic heterocycles. The monoisotopic (exact) mass is 407 g/mol. The van der Waals surface area contributed by atoms with Gasteiger partial charge in [0.1, 0.15) is 5.75 Å². The Morgan fingerprint density at radius 1 is 1.07 bits per heavy atom. The van der Waals surface area contributed by atoms with Gasteiger partial charge in [-0.05, 0) is 30.2 Å². The molecule has 30 heavy (non-hydrogen) atoms. The summed E-state index contributed by atoms with van der Waals surface area (Å²) in [5.41, 5.74) is 3.20. The number of amides is 2. The van der Waals surface area contributed by atoms with Gasteiger partial charge in [-0.2, -0.15) is 0 Å². The molecule has 0 bridgehead atoms. The number of rotatable bonds is 5. The molecule has 0 unspecified atom stereocenters.